The van der Waals surface area contributed by atoms with E-state index < -0.39 is 0 Å². The minimum absolute atomic E-state index is 0.970. The molecule has 5 rings (SSSR count). The van der Waals surface area contributed by atoms with E-state index in [1.54, 1.807) is 11.5 Å². The molecular weight excluding hydrogens is 300 g/mol. The number of hydrogen-bond acceptors (Lipinski definition) is 5. The van der Waals surface area contributed by atoms with Gasteiger partial charge in [-0.15, -0.1) is 5.10 Å². The first-order valence-electron chi connectivity index (χ1n) is 7.69. The van der Waals surface area contributed by atoms with E-state index in [9.17, 15) is 0 Å². The molecule has 0 atom stereocenters. The summed E-state index contributed by atoms with van der Waals surface area (Å²) in [4.78, 5) is 0. The van der Waals surface area contributed by atoms with Gasteiger partial charge in [0, 0.05) is 5.39 Å². The molecule has 6 heteroatoms. The number of nitrogens with zero attached hydrogens (tertiary/aromatic N) is 4. The van der Waals surface area contributed by atoms with Gasteiger partial charge in [-0.1, -0.05) is 30.3 Å². The van der Waals surface area contributed by atoms with Crippen LogP contribution in [0.1, 0.15) is 0 Å². The van der Waals surface area contributed by atoms with Crippen molar-refractivity contribution in [1.82, 2.24) is 20.7 Å². The molecule has 0 unspecified atom stereocenters. The fourth-order valence-electron chi connectivity index (χ4n) is 3.01. The number of hydrogen-bond donors (Lipinski definition) is 2. The van der Waals surface area contributed by atoms with E-state index in [0.717, 1.165) is 22.3 Å². The van der Waals surface area contributed by atoms with Crippen molar-refractivity contribution in [2.75, 3.05) is 5.12 Å². The highest BCUT2D eigenvalue weighted by Gasteiger charge is 2.11. The summed E-state index contributed by atoms with van der Waals surface area (Å²) < 4.78 is 1.97. The summed E-state index contributed by atoms with van der Waals surface area (Å²) in [6.07, 6.45) is 3.48. The van der Waals surface area contributed by atoms with Crippen molar-refractivity contribution >= 4 is 33.7 Å². The van der Waals surface area contributed by atoms with E-state index >= 15 is 0 Å². The maximum absolute atomic E-state index is 4.57. The number of hydrazine groups is 2. The number of anilines is 1. The van der Waals surface area contributed by atoms with Crippen LogP contribution in [-0.4, -0.2) is 16.1 Å². The summed E-state index contributed by atoms with van der Waals surface area (Å²) in [5.41, 5.74) is 8.95. The molecule has 0 amide bonds. The van der Waals surface area contributed by atoms with Crippen molar-refractivity contribution in [3.63, 3.8) is 0 Å². The third-order valence-electron chi connectivity index (χ3n) is 4.20. The van der Waals surface area contributed by atoms with Crippen LogP contribution in [0, 0.1) is 0 Å². The highest BCUT2D eigenvalue weighted by atomic mass is 15.9. The molecule has 0 saturated carbocycles. The molecule has 4 aromatic rings. The van der Waals surface area contributed by atoms with Crippen LogP contribution >= 0.6 is 0 Å². The second-order valence-electron chi connectivity index (χ2n) is 5.65. The lowest BCUT2D eigenvalue weighted by molar-refractivity contribution is 0.685. The van der Waals surface area contributed by atoms with Crippen LogP contribution in [0.4, 0.5) is 5.69 Å². The number of fused-ring (bicyclic) bond motifs is 2. The topological polar surface area (TPSA) is 57.5 Å². The Morgan fingerprint density at radius 1 is 0.792 bits per heavy atom. The molecule has 0 saturated heterocycles. The molecular formula is C18H14N6. The molecule has 1 aromatic heterocycles. The molecule has 1 aliphatic heterocycles. The smallest absolute Gasteiger partial charge is 0.131 e. The summed E-state index contributed by atoms with van der Waals surface area (Å²) in [5.74, 6) is 0. The van der Waals surface area contributed by atoms with E-state index in [1.165, 1.54) is 10.8 Å². The third kappa shape index (κ3) is 1.97. The number of nitrogens with one attached hydrogen (secondary N) is 2. The van der Waals surface area contributed by atoms with Crippen LogP contribution in [0.25, 0.3) is 27.4 Å². The Balaban J connectivity index is 1.60. The van der Waals surface area contributed by atoms with E-state index in [2.05, 4.69) is 75.8 Å². The van der Waals surface area contributed by atoms with Crippen LogP contribution in [0.2, 0.25) is 0 Å². The Kier molecular flexibility index (Phi) is 2.69. The molecule has 3 aromatic carbocycles. The molecule has 1 aliphatic rings. The van der Waals surface area contributed by atoms with Gasteiger partial charge in [-0.2, -0.15) is 15.8 Å². The Morgan fingerprint density at radius 3 is 2.50 bits per heavy atom. The quantitative estimate of drug-likeness (QED) is 0.597. The van der Waals surface area contributed by atoms with Crippen molar-refractivity contribution in [1.29, 1.82) is 0 Å². The summed E-state index contributed by atoms with van der Waals surface area (Å²) in [6.45, 7) is 0. The van der Waals surface area contributed by atoms with Crippen LogP contribution in [0.3, 0.4) is 0 Å². The molecule has 0 spiro atoms. The van der Waals surface area contributed by atoms with Crippen molar-refractivity contribution in [3.8, 4) is 5.69 Å². The number of benzene rings is 3. The van der Waals surface area contributed by atoms with Gasteiger partial charge in [-0.25, -0.2) is 4.68 Å². The maximum Gasteiger partial charge on any atom is 0.131 e. The Morgan fingerprint density at radius 2 is 1.62 bits per heavy atom. The second kappa shape index (κ2) is 4.99. The summed E-state index contributed by atoms with van der Waals surface area (Å²) in [7, 11) is 0. The summed E-state index contributed by atoms with van der Waals surface area (Å²) in [5, 5.41) is 13.7. The van der Waals surface area contributed by atoms with Crippen LogP contribution in [0.15, 0.2) is 72.0 Å². The lowest BCUT2D eigenvalue weighted by Gasteiger charge is -2.16. The van der Waals surface area contributed by atoms with Gasteiger partial charge in [0.15, 0.2) is 0 Å². The number of rotatable bonds is 2. The van der Waals surface area contributed by atoms with Gasteiger partial charge in [0.1, 0.15) is 6.34 Å². The summed E-state index contributed by atoms with van der Waals surface area (Å²) in [6, 6.07) is 20.9. The number of hydrazone groups is 1. The minimum Gasteiger partial charge on any atom is -0.266 e. The average Bonchev–Trinajstić information content (AvgIpc) is 3.30. The third-order valence-corrected chi connectivity index (χ3v) is 4.20. The zero-order valence-corrected chi connectivity index (χ0v) is 12.7. The van der Waals surface area contributed by atoms with Crippen LogP contribution < -0.4 is 16.1 Å². The predicted octanol–water partition coefficient (Wildman–Crippen LogP) is 2.95. The SMILES string of the molecule is C1=NNN(c2ccc3c(cnn3-c3ccc4ccccc4c3)c2)N1. The zero-order valence-electron chi connectivity index (χ0n) is 12.7. The van der Waals surface area contributed by atoms with Gasteiger partial charge >= 0.3 is 0 Å². The molecule has 2 N–H and O–H groups in total. The molecule has 0 radical (unpaired) electrons. The molecule has 0 fully saturated rings. The van der Waals surface area contributed by atoms with Crippen molar-refractivity contribution < 1.29 is 0 Å². The molecule has 116 valence electrons. The fraction of sp³-hybridized carbons (Fsp3) is 0. The van der Waals surface area contributed by atoms with Gasteiger partial charge in [0.05, 0.1) is 23.1 Å². The van der Waals surface area contributed by atoms with Gasteiger partial charge in [0.25, 0.3) is 0 Å². The molecule has 2 heterocycles. The lowest BCUT2D eigenvalue weighted by Crippen LogP contribution is -2.38. The second-order valence-corrected chi connectivity index (χ2v) is 5.65. The zero-order chi connectivity index (χ0) is 15.9. The fourth-order valence-corrected chi connectivity index (χ4v) is 3.01. The van der Waals surface area contributed by atoms with Crippen molar-refractivity contribution in [3.05, 3.63) is 66.9 Å². The number of aromatic nitrogens is 2. The first-order chi connectivity index (χ1) is 11.9. The van der Waals surface area contributed by atoms with E-state index in [1.807, 2.05) is 16.9 Å². The Labute approximate surface area is 137 Å². The van der Waals surface area contributed by atoms with Gasteiger partial charge in [0.2, 0.25) is 0 Å². The van der Waals surface area contributed by atoms with E-state index in [0.29, 0.717) is 0 Å². The lowest BCUT2D eigenvalue weighted by atomic mass is 10.1. The first kappa shape index (κ1) is 13.0. The molecule has 0 aliphatic carbocycles. The molecule has 6 nitrogen and oxygen atoms in total. The van der Waals surface area contributed by atoms with Gasteiger partial charge in [-0.3, -0.25) is 5.43 Å². The monoisotopic (exact) mass is 314 g/mol. The Bertz CT molecular complexity index is 1070. The average molecular weight is 314 g/mol. The van der Waals surface area contributed by atoms with Crippen molar-refractivity contribution in [2.24, 2.45) is 5.10 Å². The summed E-state index contributed by atoms with van der Waals surface area (Å²) >= 11 is 0. The highest BCUT2D eigenvalue weighted by molar-refractivity contribution is 5.87. The minimum atomic E-state index is 0.970. The highest BCUT2D eigenvalue weighted by Crippen LogP contribution is 2.25. The standard InChI is InChI=1S/C18H14N6/c1-2-4-14-9-16(6-5-13(14)3-1)23-18-8-7-17(10-15(18)11-20-23)24-21-12-19-22-24/h1-12,22H,(H,19,21). The predicted molar refractivity (Wildman–Crippen MR) is 95.8 cm³/mol. The van der Waals surface area contributed by atoms with Crippen LogP contribution in [-0.2, 0) is 0 Å². The largest absolute Gasteiger partial charge is 0.266 e. The van der Waals surface area contributed by atoms with Crippen molar-refractivity contribution in [2.45, 2.75) is 0 Å². The van der Waals surface area contributed by atoms with Gasteiger partial charge in [-0.05, 0) is 41.1 Å². The normalized spacial score (nSPS) is 13.4. The molecule has 24 heavy (non-hydrogen) atoms. The van der Waals surface area contributed by atoms with Crippen LogP contribution in [0.5, 0.6) is 0 Å². The van der Waals surface area contributed by atoms with Gasteiger partial charge < -0.3 is 0 Å². The maximum atomic E-state index is 4.57. The van der Waals surface area contributed by atoms with E-state index in [-0.39, 0.29) is 0 Å². The molecule has 0 bridgehead atoms. The van der Waals surface area contributed by atoms with E-state index in [4.69, 9.17) is 0 Å². The Hall–Kier alpha value is -3.54. The first-order valence-corrected chi connectivity index (χ1v) is 7.69.